The summed E-state index contributed by atoms with van der Waals surface area (Å²) < 4.78 is 5.65. The molecular formula is C20H35NO2S. The van der Waals surface area contributed by atoms with Gasteiger partial charge in [-0.25, -0.2) is 0 Å². The molecule has 2 N–H and O–H groups in total. The molecule has 0 fully saturated rings. The van der Waals surface area contributed by atoms with E-state index in [1.54, 1.807) is 0 Å². The van der Waals surface area contributed by atoms with Crippen LogP contribution in [0.3, 0.4) is 0 Å². The van der Waals surface area contributed by atoms with Crippen LogP contribution in [-0.4, -0.2) is 36.2 Å². The van der Waals surface area contributed by atoms with E-state index in [0.717, 1.165) is 12.3 Å². The van der Waals surface area contributed by atoms with Crippen molar-refractivity contribution in [2.45, 2.75) is 75.5 Å². The second kappa shape index (κ2) is 13.6. The van der Waals surface area contributed by atoms with Crippen molar-refractivity contribution < 1.29 is 9.84 Å². The van der Waals surface area contributed by atoms with E-state index in [-0.39, 0.29) is 0 Å². The van der Waals surface area contributed by atoms with Gasteiger partial charge in [0.1, 0.15) is 18.5 Å². The lowest BCUT2D eigenvalue weighted by molar-refractivity contribution is 0.106. The maximum atomic E-state index is 9.97. The molecule has 138 valence electrons. The quantitative estimate of drug-likeness (QED) is 0.369. The van der Waals surface area contributed by atoms with Gasteiger partial charge in [0.05, 0.1) is 0 Å². The summed E-state index contributed by atoms with van der Waals surface area (Å²) in [5.41, 5.74) is 0. The molecule has 1 aromatic carbocycles. The highest BCUT2D eigenvalue weighted by atomic mass is 32.2. The fourth-order valence-electron chi connectivity index (χ4n) is 2.44. The van der Waals surface area contributed by atoms with Crippen LogP contribution in [0.2, 0.25) is 0 Å². The minimum atomic E-state index is -0.463. The minimum absolute atomic E-state index is 0.334. The normalized spacial score (nSPS) is 12.5. The number of thioether (sulfide) groups is 1. The first-order chi connectivity index (χ1) is 11.6. The van der Waals surface area contributed by atoms with Gasteiger partial charge in [0.25, 0.3) is 0 Å². The standard InChI is InChI=1S/C20H35NO2S/c1-4-5-6-7-8-9-14-21-15-18(22)16-23-19-10-12-20(13-11-19)24-17(2)3/h10-13,17-18,21-22H,4-9,14-16H2,1-3H3/t18-/m1/s1. The number of hydrogen-bond acceptors (Lipinski definition) is 4. The zero-order valence-corrected chi connectivity index (χ0v) is 16.4. The van der Waals surface area contributed by atoms with E-state index in [2.05, 4.69) is 38.2 Å². The number of benzene rings is 1. The predicted molar refractivity (Wildman–Crippen MR) is 105 cm³/mol. The van der Waals surface area contributed by atoms with Crippen molar-refractivity contribution in [1.29, 1.82) is 0 Å². The van der Waals surface area contributed by atoms with Crippen LogP contribution in [0.4, 0.5) is 0 Å². The molecule has 0 aliphatic carbocycles. The number of aliphatic hydroxyl groups is 1. The van der Waals surface area contributed by atoms with Gasteiger partial charge >= 0.3 is 0 Å². The van der Waals surface area contributed by atoms with E-state index in [9.17, 15) is 5.11 Å². The Labute approximate surface area is 152 Å². The highest BCUT2D eigenvalue weighted by Gasteiger charge is 2.05. The van der Waals surface area contributed by atoms with Crippen LogP contribution in [0, 0.1) is 0 Å². The summed E-state index contributed by atoms with van der Waals surface area (Å²) in [6, 6.07) is 8.09. The molecule has 3 nitrogen and oxygen atoms in total. The van der Waals surface area contributed by atoms with Crippen molar-refractivity contribution in [2.75, 3.05) is 19.7 Å². The highest BCUT2D eigenvalue weighted by Crippen LogP contribution is 2.24. The van der Waals surface area contributed by atoms with Crippen molar-refractivity contribution in [3.63, 3.8) is 0 Å². The van der Waals surface area contributed by atoms with Gasteiger partial charge in [-0.05, 0) is 37.2 Å². The predicted octanol–water partition coefficient (Wildman–Crippen LogP) is 4.88. The summed E-state index contributed by atoms with van der Waals surface area (Å²) in [6.07, 6.45) is 7.32. The van der Waals surface area contributed by atoms with Crippen molar-refractivity contribution in [1.82, 2.24) is 5.32 Å². The Kier molecular flexibility index (Phi) is 12.1. The fourth-order valence-corrected chi connectivity index (χ4v) is 3.27. The Morgan fingerprint density at radius 2 is 1.71 bits per heavy atom. The lowest BCUT2D eigenvalue weighted by Crippen LogP contribution is -2.32. The van der Waals surface area contributed by atoms with Gasteiger partial charge < -0.3 is 15.2 Å². The van der Waals surface area contributed by atoms with Gasteiger partial charge in [-0.2, -0.15) is 0 Å². The number of nitrogens with one attached hydrogen (secondary N) is 1. The van der Waals surface area contributed by atoms with Gasteiger partial charge in [0, 0.05) is 16.7 Å². The average molecular weight is 354 g/mol. The largest absolute Gasteiger partial charge is 0.491 e. The zero-order chi connectivity index (χ0) is 17.6. The maximum absolute atomic E-state index is 9.97. The number of rotatable bonds is 14. The lowest BCUT2D eigenvalue weighted by Gasteiger charge is -2.14. The molecule has 0 unspecified atom stereocenters. The van der Waals surface area contributed by atoms with Crippen molar-refractivity contribution in [2.24, 2.45) is 0 Å². The van der Waals surface area contributed by atoms with Crippen LogP contribution in [-0.2, 0) is 0 Å². The smallest absolute Gasteiger partial charge is 0.119 e. The minimum Gasteiger partial charge on any atom is -0.491 e. The van der Waals surface area contributed by atoms with Gasteiger partial charge in [0.15, 0.2) is 0 Å². The maximum Gasteiger partial charge on any atom is 0.119 e. The van der Waals surface area contributed by atoms with Crippen LogP contribution < -0.4 is 10.1 Å². The molecule has 1 atom stereocenters. The Morgan fingerprint density at radius 1 is 1.04 bits per heavy atom. The Morgan fingerprint density at radius 3 is 2.38 bits per heavy atom. The van der Waals surface area contributed by atoms with Crippen LogP contribution in [0.15, 0.2) is 29.2 Å². The molecule has 0 aliphatic heterocycles. The number of ether oxygens (including phenoxy) is 1. The third-order valence-corrected chi connectivity index (χ3v) is 4.74. The fraction of sp³-hybridized carbons (Fsp3) is 0.700. The summed E-state index contributed by atoms with van der Waals surface area (Å²) in [6.45, 7) is 8.51. The molecule has 0 saturated carbocycles. The van der Waals surface area contributed by atoms with Crippen LogP contribution >= 0.6 is 11.8 Å². The SMILES string of the molecule is CCCCCCCCNC[C@@H](O)COc1ccc(SC(C)C)cc1. The van der Waals surface area contributed by atoms with Gasteiger partial charge in [-0.1, -0.05) is 52.9 Å². The summed E-state index contributed by atoms with van der Waals surface area (Å²) in [5.74, 6) is 0.818. The number of aliphatic hydroxyl groups excluding tert-OH is 1. The van der Waals surface area contributed by atoms with E-state index in [1.165, 1.54) is 43.4 Å². The third kappa shape index (κ3) is 11.0. The average Bonchev–Trinajstić information content (AvgIpc) is 2.56. The zero-order valence-electron chi connectivity index (χ0n) is 15.6. The van der Waals surface area contributed by atoms with E-state index < -0.39 is 6.10 Å². The molecule has 0 spiro atoms. The molecule has 0 saturated heterocycles. The molecule has 1 aromatic rings. The van der Waals surface area contributed by atoms with Gasteiger partial charge in [-0.15, -0.1) is 11.8 Å². The first-order valence-electron chi connectivity index (χ1n) is 9.40. The molecule has 0 aliphatic rings. The van der Waals surface area contributed by atoms with Crippen LogP contribution in [0.25, 0.3) is 0 Å². The number of unbranched alkanes of at least 4 members (excludes halogenated alkanes) is 5. The Bertz CT molecular complexity index is 409. The molecule has 24 heavy (non-hydrogen) atoms. The summed E-state index contributed by atoms with van der Waals surface area (Å²) in [7, 11) is 0. The summed E-state index contributed by atoms with van der Waals surface area (Å²) >= 11 is 1.84. The Balaban J connectivity index is 2.06. The van der Waals surface area contributed by atoms with E-state index in [1.807, 2.05) is 23.9 Å². The third-order valence-electron chi connectivity index (χ3n) is 3.72. The molecule has 1 rings (SSSR count). The van der Waals surface area contributed by atoms with E-state index >= 15 is 0 Å². The summed E-state index contributed by atoms with van der Waals surface area (Å²) in [5, 5.41) is 13.9. The Hall–Kier alpha value is -0.710. The van der Waals surface area contributed by atoms with Crippen molar-refractivity contribution in [3.8, 4) is 5.75 Å². The molecular weight excluding hydrogens is 318 g/mol. The topological polar surface area (TPSA) is 41.5 Å². The van der Waals surface area contributed by atoms with Crippen LogP contribution in [0.1, 0.15) is 59.3 Å². The molecule has 0 heterocycles. The molecule has 0 amide bonds. The van der Waals surface area contributed by atoms with Gasteiger partial charge in [-0.3, -0.25) is 0 Å². The lowest BCUT2D eigenvalue weighted by atomic mass is 10.1. The van der Waals surface area contributed by atoms with E-state index in [4.69, 9.17) is 4.74 Å². The highest BCUT2D eigenvalue weighted by molar-refractivity contribution is 7.99. The summed E-state index contributed by atoms with van der Waals surface area (Å²) in [4.78, 5) is 1.25. The first-order valence-corrected chi connectivity index (χ1v) is 10.3. The van der Waals surface area contributed by atoms with Crippen molar-refractivity contribution >= 4 is 11.8 Å². The van der Waals surface area contributed by atoms with Crippen molar-refractivity contribution in [3.05, 3.63) is 24.3 Å². The van der Waals surface area contributed by atoms with Gasteiger partial charge in [0.2, 0.25) is 0 Å². The number of hydrogen-bond donors (Lipinski definition) is 2. The van der Waals surface area contributed by atoms with Crippen LogP contribution in [0.5, 0.6) is 5.75 Å². The van der Waals surface area contributed by atoms with E-state index in [0.29, 0.717) is 18.4 Å². The molecule has 4 heteroatoms. The molecule has 0 aromatic heterocycles. The monoisotopic (exact) mass is 353 g/mol. The second-order valence-corrected chi connectivity index (χ2v) is 8.22. The second-order valence-electron chi connectivity index (χ2n) is 6.57. The molecule has 0 bridgehead atoms. The molecule has 0 radical (unpaired) electrons. The first kappa shape index (κ1) is 21.3.